The van der Waals surface area contributed by atoms with Gasteiger partial charge in [-0.15, -0.1) is 0 Å². The number of nitrogens with zero attached hydrogens (tertiary/aromatic N) is 3. The Morgan fingerprint density at radius 1 is 1.40 bits per heavy atom. The van der Waals surface area contributed by atoms with E-state index < -0.39 is 0 Å². The van der Waals surface area contributed by atoms with Crippen molar-refractivity contribution in [3.63, 3.8) is 0 Å². The fourth-order valence-corrected chi connectivity index (χ4v) is 1.60. The maximum absolute atomic E-state index is 4.28. The van der Waals surface area contributed by atoms with E-state index in [9.17, 15) is 0 Å². The summed E-state index contributed by atoms with van der Waals surface area (Å²) in [5.74, 6) is 1.32. The van der Waals surface area contributed by atoms with Crippen molar-refractivity contribution in [1.29, 1.82) is 0 Å². The Labute approximate surface area is 97.3 Å². The van der Waals surface area contributed by atoms with Crippen molar-refractivity contribution in [2.45, 2.75) is 19.8 Å². The molecular weight excluding hydrogens is 254 g/mol. The predicted octanol–water partition coefficient (Wildman–Crippen LogP) is 3.15. The minimum absolute atomic E-state index is 0.492. The molecule has 0 spiro atoms. The van der Waals surface area contributed by atoms with Crippen LogP contribution in [-0.4, -0.2) is 14.8 Å². The van der Waals surface area contributed by atoms with E-state index in [1.165, 1.54) is 5.56 Å². The fraction of sp³-hybridized carbons (Fsp3) is 0.273. The summed E-state index contributed by atoms with van der Waals surface area (Å²) in [6.45, 7) is 4.30. The number of rotatable bonds is 2. The summed E-state index contributed by atoms with van der Waals surface area (Å²) in [4.78, 5) is 4.25. The highest BCUT2D eigenvalue weighted by Gasteiger charge is 2.04. The number of hydrogen-bond donors (Lipinski definition) is 0. The average molecular weight is 266 g/mol. The van der Waals surface area contributed by atoms with Gasteiger partial charge in [0, 0.05) is 16.9 Å². The summed E-state index contributed by atoms with van der Waals surface area (Å²) in [7, 11) is 0. The standard InChI is InChI=1S/C11H12BrN3/c1-8(2)9-6-14-15(7-9)11-5-10(12)3-4-13-11/h3-8H,1-2H3. The van der Waals surface area contributed by atoms with Crippen LogP contribution in [0.25, 0.3) is 5.82 Å². The molecule has 0 saturated carbocycles. The smallest absolute Gasteiger partial charge is 0.154 e. The first-order valence-corrected chi connectivity index (χ1v) is 5.62. The average Bonchev–Trinajstić information content (AvgIpc) is 2.66. The van der Waals surface area contributed by atoms with E-state index in [1.54, 1.807) is 10.9 Å². The predicted molar refractivity (Wildman–Crippen MR) is 63.1 cm³/mol. The van der Waals surface area contributed by atoms with Crippen molar-refractivity contribution in [1.82, 2.24) is 14.8 Å². The highest BCUT2D eigenvalue weighted by atomic mass is 79.9. The number of pyridine rings is 1. The van der Waals surface area contributed by atoms with Gasteiger partial charge in [-0.3, -0.25) is 0 Å². The van der Waals surface area contributed by atoms with Gasteiger partial charge in [0.25, 0.3) is 0 Å². The minimum Gasteiger partial charge on any atom is -0.237 e. The van der Waals surface area contributed by atoms with Gasteiger partial charge in [-0.25, -0.2) is 9.67 Å². The van der Waals surface area contributed by atoms with Gasteiger partial charge in [0.05, 0.1) is 6.20 Å². The SMILES string of the molecule is CC(C)c1cnn(-c2cc(Br)ccn2)c1. The molecule has 0 radical (unpaired) electrons. The zero-order chi connectivity index (χ0) is 10.8. The van der Waals surface area contributed by atoms with Crippen LogP contribution in [0.1, 0.15) is 25.3 Å². The summed E-state index contributed by atoms with van der Waals surface area (Å²) >= 11 is 3.41. The third-order valence-electron chi connectivity index (χ3n) is 2.21. The molecule has 2 aromatic heterocycles. The lowest BCUT2D eigenvalue weighted by Gasteiger charge is -2.00. The van der Waals surface area contributed by atoms with Crippen LogP contribution < -0.4 is 0 Å². The summed E-state index contributed by atoms with van der Waals surface area (Å²) in [6, 6.07) is 3.84. The van der Waals surface area contributed by atoms with Crippen molar-refractivity contribution < 1.29 is 0 Å². The maximum Gasteiger partial charge on any atom is 0.154 e. The maximum atomic E-state index is 4.28. The molecule has 15 heavy (non-hydrogen) atoms. The third-order valence-corrected chi connectivity index (χ3v) is 2.70. The largest absolute Gasteiger partial charge is 0.237 e. The van der Waals surface area contributed by atoms with Gasteiger partial charge in [-0.1, -0.05) is 29.8 Å². The normalized spacial score (nSPS) is 10.9. The molecule has 0 bridgehead atoms. The molecule has 0 atom stereocenters. The molecule has 0 aliphatic carbocycles. The molecule has 0 fully saturated rings. The summed E-state index contributed by atoms with van der Waals surface area (Å²) < 4.78 is 2.80. The van der Waals surface area contributed by atoms with E-state index in [4.69, 9.17) is 0 Å². The highest BCUT2D eigenvalue weighted by molar-refractivity contribution is 9.10. The van der Waals surface area contributed by atoms with E-state index in [1.807, 2.05) is 24.5 Å². The molecule has 78 valence electrons. The summed E-state index contributed by atoms with van der Waals surface area (Å²) in [5, 5.41) is 4.28. The Hall–Kier alpha value is -1.16. The van der Waals surface area contributed by atoms with Gasteiger partial charge in [0.1, 0.15) is 0 Å². The molecule has 0 amide bonds. The molecule has 0 saturated heterocycles. The first kappa shape index (κ1) is 10.4. The number of aromatic nitrogens is 3. The fourth-order valence-electron chi connectivity index (χ4n) is 1.28. The van der Waals surface area contributed by atoms with Crippen molar-refractivity contribution >= 4 is 15.9 Å². The highest BCUT2D eigenvalue weighted by Crippen LogP contribution is 2.16. The van der Waals surface area contributed by atoms with E-state index in [-0.39, 0.29) is 0 Å². The number of halogens is 1. The zero-order valence-corrected chi connectivity index (χ0v) is 10.3. The second kappa shape index (κ2) is 4.14. The van der Waals surface area contributed by atoms with Crippen LogP contribution in [0, 0.1) is 0 Å². The monoisotopic (exact) mass is 265 g/mol. The van der Waals surface area contributed by atoms with Crippen molar-refractivity contribution in [2.24, 2.45) is 0 Å². The third kappa shape index (κ3) is 2.26. The molecule has 3 nitrogen and oxygen atoms in total. The van der Waals surface area contributed by atoms with Gasteiger partial charge in [-0.2, -0.15) is 5.10 Å². The second-order valence-electron chi connectivity index (χ2n) is 3.71. The van der Waals surface area contributed by atoms with Gasteiger partial charge in [-0.05, 0) is 23.6 Å². The molecule has 2 aromatic rings. The zero-order valence-electron chi connectivity index (χ0n) is 8.68. The molecular formula is C11H12BrN3. The van der Waals surface area contributed by atoms with Crippen LogP contribution in [0.15, 0.2) is 35.2 Å². The van der Waals surface area contributed by atoms with E-state index in [0.717, 1.165) is 10.3 Å². The van der Waals surface area contributed by atoms with Crippen molar-refractivity contribution in [3.05, 3.63) is 40.8 Å². The topological polar surface area (TPSA) is 30.7 Å². The lowest BCUT2D eigenvalue weighted by Crippen LogP contribution is -1.96. The molecule has 2 rings (SSSR count). The molecule has 4 heteroatoms. The quantitative estimate of drug-likeness (QED) is 0.835. The Balaban J connectivity index is 2.37. The van der Waals surface area contributed by atoms with Gasteiger partial charge >= 0.3 is 0 Å². The van der Waals surface area contributed by atoms with E-state index in [2.05, 4.69) is 39.9 Å². The second-order valence-corrected chi connectivity index (χ2v) is 4.62. The Kier molecular flexibility index (Phi) is 2.86. The van der Waals surface area contributed by atoms with Crippen LogP contribution in [-0.2, 0) is 0 Å². The van der Waals surface area contributed by atoms with E-state index >= 15 is 0 Å². The van der Waals surface area contributed by atoms with Crippen molar-refractivity contribution in [2.75, 3.05) is 0 Å². The van der Waals surface area contributed by atoms with Gasteiger partial charge in [0.15, 0.2) is 5.82 Å². The Bertz CT molecular complexity index is 462. The van der Waals surface area contributed by atoms with Crippen LogP contribution in [0.3, 0.4) is 0 Å². The van der Waals surface area contributed by atoms with Gasteiger partial charge < -0.3 is 0 Å². The first-order chi connectivity index (χ1) is 7.16. The minimum atomic E-state index is 0.492. The Morgan fingerprint density at radius 2 is 2.20 bits per heavy atom. The van der Waals surface area contributed by atoms with Gasteiger partial charge in [0.2, 0.25) is 0 Å². The molecule has 0 aromatic carbocycles. The van der Waals surface area contributed by atoms with E-state index in [0.29, 0.717) is 5.92 Å². The molecule has 2 heterocycles. The van der Waals surface area contributed by atoms with Crippen molar-refractivity contribution in [3.8, 4) is 5.82 Å². The molecule has 0 aliphatic rings. The van der Waals surface area contributed by atoms with Crippen LogP contribution in [0.2, 0.25) is 0 Å². The first-order valence-electron chi connectivity index (χ1n) is 4.83. The molecule has 0 unspecified atom stereocenters. The lowest BCUT2D eigenvalue weighted by molar-refractivity contribution is 0.838. The summed E-state index contributed by atoms with van der Waals surface area (Å²) in [5.41, 5.74) is 1.22. The Morgan fingerprint density at radius 3 is 2.80 bits per heavy atom. The number of hydrogen-bond acceptors (Lipinski definition) is 2. The van der Waals surface area contributed by atoms with Crippen LogP contribution in [0.4, 0.5) is 0 Å². The molecule has 0 N–H and O–H groups in total. The van der Waals surface area contributed by atoms with Crippen LogP contribution >= 0.6 is 15.9 Å². The lowest BCUT2D eigenvalue weighted by atomic mass is 10.1. The molecule has 0 aliphatic heterocycles. The summed E-state index contributed by atoms with van der Waals surface area (Å²) in [6.07, 6.45) is 5.66. The van der Waals surface area contributed by atoms with Crippen LogP contribution in [0.5, 0.6) is 0 Å².